The summed E-state index contributed by atoms with van der Waals surface area (Å²) in [5.41, 5.74) is 0. The third kappa shape index (κ3) is 11.7. The minimum atomic E-state index is -3.69. The molecule has 1 heterocycles. The highest BCUT2D eigenvalue weighted by atomic mass is 32.2. The minimum absolute atomic E-state index is 0.0661. The molecule has 1 aromatic heterocycles. The first-order valence-corrected chi connectivity index (χ1v) is 11.8. The van der Waals surface area contributed by atoms with Crippen molar-refractivity contribution in [2.75, 3.05) is 6.26 Å². The van der Waals surface area contributed by atoms with Crippen molar-refractivity contribution >= 4 is 16.1 Å². The third-order valence-electron chi connectivity index (χ3n) is 4.29. The Morgan fingerprint density at radius 2 is 1.56 bits per heavy atom. The summed E-state index contributed by atoms with van der Waals surface area (Å²) < 4.78 is 37.0. The molecular weight excluding hydrogens is 368 g/mol. The second kappa shape index (κ2) is 12.8. The Bertz CT molecular complexity index is 635. The molecule has 1 rings (SSSR count). The fourth-order valence-corrected chi connectivity index (χ4v) is 3.23. The summed E-state index contributed by atoms with van der Waals surface area (Å²) in [5, 5.41) is 0. The van der Waals surface area contributed by atoms with E-state index in [2.05, 4.69) is 11.1 Å². The summed E-state index contributed by atoms with van der Waals surface area (Å²) in [6.07, 6.45) is 14.1. The van der Waals surface area contributed by atoms with Gasteiger partial charge in [-0.3, -0.25) is 0 Å². The van der Waals surface area contributed by atoms with Crippen LogP contribution in [-0.4, -0.2) is 26.7 Å². The van der Waals surface area contributed by atoms with Crippen LogP contribution in [0.3, 0.4) is 0 Å². The van der Waals surface area contributed by atoms with Crippen LogP contribution in [-0.2, 0) is 14.9 Å². The number of ether oxygens (including phenoxy) is 1. The molecule has 0 saturated carbocycles. The fourth-order valence-electron chi connectivity index (χ4n) is 2.84. The van der Waals surface area contributed by atoms with Crippen LogP contribution in [0.2, 0.25) is 0 Å². The Hall–Kier alpha value is -1.50. The van der Waals surface area contributed by atoms with E-state index in [0.29, 0.717) is 0 Å². The molecule has 0 aromatic carbocycles. The Kier molecular flexibility index (Phi) is 11.2. The van der Waals surface area contributed by atoms with E-state index >= 15 is 0 Å². The monoisotopic (exact) mass is 402 g/mol. The van der Waals surface area contributed by atoms with Crippen molar-refractivity contribution in [1.29, 1.82) is 0 Å². The van der Waals surface area contributed by atoms with Gasteiger partial charge in [0.15, 0.2) is 0 Å². The summed E-state index contributed by atoms with van der Waals surface area (Å²) in [6.45, 7) is 4.08. The van der Waals surface area contributed by atoms with Crippen molar-refractivity contribution < 1.29 is 26.5 Å². The predicted octanol–water partition coefficient (Wildman–Crippen LogP) is 5.47. The average molecular weight is 403 g/mol. The van der Waals surface area contributed by atoms with Crippen LogP contribution in [0.1, 0.15) is 95.0 Å². The van der Waals surface area contributed by atoms with Crippen molar-refractivity contribution in [3.8, 4) is 5.95 Å². The van der Waals surface area contributed by atoms with Gasteiger partial charge in [-0.15, -0.1) is 0 Å². The van der Waals surface area contributed by atoms with Gasteiger partial charge < -0.3 is 13.3 Å². The molecule has 0 radical (unpaired) electrons. The van der Waals surface area contributed by atoms with Crippen molar-refractivity contribution in [2.45, 2.75) is 90.6 Å². The molecule has 0 fully saturated rings. The zero-order chi connectivity index (χ0) is 20.1. The average Bonchev–Trinajstić information content (AvgIpc) is 3.03. The van der Waals surface area contributed by atoms with Gasteiger partial charge in [0.1, 0.15) is 0 Å². The molecule has 0 saturated heterocycles. The third-order valence-corrected chi connectivity index (χ3v) is 4.76. The lowest BCUT2D eigenvalue weighted by atomic mass is 10.0. The summed E-state index contributed by atoms with van der Waals surface area (Å²) in [6, 6.07) is 2.63. The number of carbonyl (C=O) groups is 1. The highest BCUT2D eigenvalue weighted by Gasteiger charge is 2.18. The number of carbonyl (C=O) groups excluding carboxylic acids is 1. The Labute approximate surface area is 163 Å². The molecule has 1 atom stereocenters. The molecule has 0 spiro atoms. The van der Waals surface area contributed by atoms with Gasteiger partial charge in [-0.25, -0.2) is 4.79 Å². The van der Waals surface area contributed by atoms with Crippen LogP contribution in [0.4, 0.5) is 0 Å². The van der Waals surface area contributed by atoms with E-state index in [4.69, 9.17) is 9.15 Å². The van der Waals surface area contributed by atoms with Gasteiger partial charge in [0, 0.05) is 6.07 Å². The van der Waals surface area contributed by atoms with E-state index in [0.717, 1.165) is 25.5 Å². The molecule has 0 aliphatic heterocycles. The Morgan fingerprint density at radius 1 is 1.00 bits per heavy atom. The van der Waals surface area contributed by atoms with Crippen LogP contribution >= 0.6 is 0 Å². The first-order valence-electron chi connectivity index (χ1n) is 10.0. The second-order valence-electron chi connectivity index (χ2n) is 7.09. The maximum atomic E-state index is 12.0. The second-order valence-corrected chi connectivity index (χ2v) is 8.67. The van der Waals surface area contributed by atoms with Gasteiger partial charge in [0.25, 0.3) is 0 Å². The lowest BCUT2D eigenvalue weighted by Gasteiger charge is -2.12. The highest BCUT2D eigenvalue weighted by molar-refractivity contribution is 7.86. The summed E-state index contributed by atoms with van der Waals surface area (Å²) in [7, 11) is -3.69. The van der Waals surface area contributed by atoms with Gasteiger partial charge in [-0.2, -0.15) is 8.42 Å². The first-order chi connectivity index (χ1) is 12.8. The molecule has 0 amide bonds. The number of unbranched alkanes of at least 4 members (excludes halogenated alkanes) is 9. The predicted molar refractivity (Wildman–Crippen MR) is 106 cm³/mol. The van der Waals surface area contributed by atoms with Gasteiger partial charge in [-0.05, 0) is 25.8 Å². The molecule has 0 N–H and O–H groups in total. The Balaban J connectivity index is 2.12. The van der Waals surface area contributed by atoms with Crippen molar-refractivity contribution in [3.05, 3.63) is 17.9 Å². The molecule has 0 bridgehead atoms. The van der Waals surface area contributed by atoms with Gasteiger partial charge >= 0.3 is 22.0 Å². The Morgan fingerprint density at radius 3 is 2.11 bits per heavy atom. The summed E-state index contributed by atoms with van der Waals surface area (Å²) >= 11 is 0. The molecule has 0 aliphatic rings. The topological polar surface area (TPSA) is 82.8 Å². The van der Waals surface area contributed by atoms with Gasteiger partial charge in [-0.1, -0.05) is 64.7 Å². The molecule has 1 unspecified atom stereocenters. The van der Waals surface area contributed by atoms with Gasteiger partial charge in [0.05, 0.1) is 12.4 Å². The van der Waals surface area contributed by atoms with E-state index in [-0.39, 0.29) is 17.8 Å². The first kappa shape index (κ1) is 23.5. The normalized spacial score (nSPS) is 12.7. The smallest absolute Gasteiger partial charge is 0.374 e. The van der Waals surface area contributed by atoms with E-state index in [1.807, 2.05) is 6.92 Å². The number of rotatable bonds is 15. The van der Waals surface area contributed by atoms with Crippen LogP contribution < -0.4 is 4.18 Å². The molecule has 27 heavy (non-hydrogen) atoms. The minimum Gasteiger partial charge on any atom is -0.457 e. The largest absolute Gasteiger partial charge is 0.457 e. The molecule has 7 heteroatoms. The number of hydrogen-bond donors (Lipinski definition) is 0. The highest BCUT2D eigenvalue weighted by Crippen LogP contribution is 2.19. The number of esters is 1. The van der Waals surface area contributed by atoms with Crippen LogP contribution in [0.25, 0.3) is 0 Å². The van der Waals surface area contributed by atoms with Gasteiger partial charge in [0.2, 0.25) is 5.76 Å². The summed E-state index contributed by atoms with van der Waals surface area (Å²) in [4.78, 5) is 12.0. The van der Waals surface area contributed by atoms with E-state index < -0.39 is 16.1 Å². The van der Waals surface area contributed by atoms with Crippen molar-refractivity contribution in [1.82, 2.24) is 0 Å². The maximum absolute atomic E-state index is 12.0. The molecule has 0 aliphatic carbocycles. The molecule has 1 aromatic rings. The van der Waals surface area contributed by atoms with Crippen molar-refractivity contribution in [2.24, 2.45) is 0 Å². The fraction of sp³-hybridized carbons (Fsp3) is 0.750. The van der Waals surface area contributed by atoms with Crippen LogP contribution in [0, 0.1) is 0 Å². The van der Waals surface area contributed by atoms with Crippen LogP contribution in [0.15, 0.2) is 16.5 Å². The van der Waals surface area contributed by atoms with Crippen molar-refractivity contribution in [3.63, 3.8) is 0 Å². The zero-order valence-corrected chi connectivity index (χ0v) is 17.7. The number of hydrogen-bond acceptors (Lipinski definition) is 6. The van der Waals surface area contributed by atoms with E-state index in [1.165, 1.54) is 63.5 Å². The lowest BCUT2D eigenvalue weighted by Crippen LogP contribution is -2.14. The zero-order valence-electron chi connectivity index (χ0n) is 16.9. The SMILES string of the molecule is CCCCCCCCCCCCC(C)OC(=O)c1ccc(OS(C)(=O)=O)o1. The molecular formula is C20H34O6S. The van der Waals surface area contributed by atoms with E-state index in [1.54, 1.807) is 0 Å². The van der Waals surface area contributed by atoms with E-state index in [9.17, 15) is 13.2 Å². The lowest BCUT2D eigenvalue weighted by molar-refractivity contribution is 0.0280. The molecule has 156 valence electrons. The van der Waals surface area contributed by atoms with Crippen LogP contribution in [0.5, 0.6) is 5.95 Å². The molecule has 6 nitrogen and oxygen atoms in total. The maximum Gasteiger partial charge on any atom is 0.374 e. The standard InChI is InChI=1S/C20H34O6S/c1-4-5-6-7-8-9-10-11-12-13-14-17(2)24-20(21)18-15-16-19(25-18)26-27(3,22)23/h15-17H,4-14H2,1-3H3. The summed E-state index contributed by atoms with van der Waals surface area (Å²) in [5.74, 6) is -0.923. The number of furan rings is 1. The quantitative estimate of drug-likeness (QED) is 0.220.